The number of aromatic nitrogens is 4. The van der Waals surface area contributed by atoms with E-state index in [2.05, 4.69) is 25.5 Å². The first kappa shape index (κ1) is 16.5. The summed E-state index contributed by atoms with van der Waals surface area (Å²) < 4.78 is 6.92. The predicted octanol–water partition coefficient (Wildman–Crippen LogP) is -1.17. The Balaban J connectivity index is 2.01. The lowest BCUT2D eigenvalue weighted by Gasteiger charge is -2.16. The summed E-state index contributed by atoms with van der Waals surface area (Å²) >= 11 is 0. The van der Waals surface area contributed by atoms with Gasteiger partial charge in [-0.05, 0) is 13.8 Å². The van der Waals surface area contributed by atoms with Crippen LogP contribution in [0.15, 0.2) is 11.4 Å². The molecule has 11 heteroatoms. The fraction of sp³-hybridized carbons (Fsp3) is 0.538. The van der Waals surface area contributed by atoms with Crippen molar-refractivity contribution in [2.24, 2.45) is 5.10 Å². The van der Waals surface area contributed by atoms with Gasteiger partial charge in [0.25, 0.3) is 0 Å². The number of nitrogen functional groups attached to an aromatic ring is 1. The van der Waals surface area contributed by atoms with Crippen molar-refractivity contribution in [3.05, 3.63) is 6.33 Å². The van der Waals surface area contributed by atoms with Crippen molar-refractivity contribution in [2.75, 3.05) is 17.8 Å². The van der Waals surface area contributed by atoms with E-state index in [4.69, 9.17) is 10.5 Å². The molecule has 6 N–H and O–H groups in total. The molecule has 1 aliphatic heterocycles. The van der Waals surface area contributed by atoms with E-state index in [0.717, 1.165) is 5.71 Å². The van der Waals surface area contributed by atoms with E-state index < -0.39 is 31.1 Å². The number of hydrogen-bond acceptors (Lipinski definition) is 10. The number of ether oxygens (including phenoxy) is 1. The zero-order valence-corrected chi connectivity index (χ0v) is 13.2. The van der Waals surface area contributed by atoms with Crippen molar-refractivity contribution in [2.45, 2.75) is 38.4 Å². The third-order valence-electron chi connectivity index (χ3n) is 3.62. The van der Waals surface area contributed by atoms with Crippen LogP contribution < -0.4 is 11.2 Å². The van der Waals surface area contributed by atoms with Crippen LogP contribution in [0, 0.1) is 0 Å². The normalized spacial score (nSPS) is 26.7. The zero-order valence-electron chi connectivity index (χ0n) is 13.2. The van der Waals surface area contributed by atoms with Gasteiger partial charge in [-0.2, -0.15) is 15.1 Å². The van der Waals surface area contributed by atoms with Gasteiger partial charge in [0.15, 0.2) is 17.7 Å². The van der Waals surface area contributed by atoms with Gasteiger partial charge in [-0.25, -0.2) is 10.4 Å². The number of nitrogens with one attached hydrogen (secondary N) is 1. The molecule has 1 aliphatic rings. The SMILES string of the molecule is CC(C)=NNc1nc(N)c2ncn([C@@H]3O[C@H](CO)[C@@H](O)[C@H]3O)c2n1. The number of hydrazone groups is 1. The molecule has 0 spiro atoms. The number of fused-ring (bicyclic) bond motifs is 1. The molecule has 0 aliphatic carbocycles. The van der Waals surface area contributed by atoms with E-state index in [1.165, 1.54) is 10.9 Å². The van der Waals surface area contributed by atoms with Crippen LogP contribution in [-0.4, -0.2) is 65.5 Å². The molecular weight excluding hydrogens is 318 g/mol. The summed E-state index contributed by atoms with van der Waals surface area (Å²) in [6.07, 6.45) is -2.94. The molecule has 24 heavy (non-hydrogen) atoms. The van der Waals surface area contributed by atoms with Crippen molar-refractivity contribution < 1.29 is 20.1 Å². The van der Waals surface area contributed by atoms with Gasteiger partial charge in [0.2, 0.25) is 5.95 Å². The molecule has 0 aromatic carbocycles. The summed E-state index contributed by atoms with van der Waals surface area (Å²) in [7, 11) is 0. The lowest BCUT2D eigenvalue weighted by molar-refractivity contribution is -0.0511. The maximum Gasteiger partial charge on any atom is 0.247 e. The molecule has 4 atom stereocenters. The number of aliphatic hydroxyl groups is 3. The minimum Gasteiger partial charge on any atom is -0.394 e. The van der Waals surface area contributed by atoms with E-state index >= 15 is 0 Å². The Morgan fingerprint density at radius 3 is 2.75 bits per heavy atom. The van der Waals surface area contributed by atoms with Crippen LogP contribution in [0.1, 0.15) is 20.1 Å². The van der Waals surface area contributed by atoms with Gasteiger partial charge in [0.1, 0.15) is 23.8 Å². The molecule has 11 nitrogen and oxygen atoms in total. The van der Waals surface area contributed by atoms with Crippen LogP contribution in [-0.2, 0) is 4.74 Å². The van der Waals surface area contributed by atoms with Crippen LogP contribution in [0.2, 0.25) is 0 Å². The number of hydrogen-bond donors (Lipinski definition) is 5. The van der Waals surface area contributed by atoms with Gasteiger partial charge in [-0.3, -0.25) is 4.57 Å². The third kappa shape index (κ3) is 2.78. The fourth-order valence-corrected chi connectivity index (χ4v) is 2.45. The van der Waals surface area contributed by atoms with Crippen LogP contribution in [0.4, 0.5) is 11.8 Å². The monoisotopic (exact) mass is 337 g/mol. The Bertz CT molecular complexity index is 773. The lowest BCUT2D eigenvalue weighted by Crippen LogP contribution is -2.33. The predicted molar refractivity (Wildman–Crippen MR) is 85.2 cm³/mol. The number of nitrogens with two attached hydrogens (primary N) is 1. The molecule has 3 heterocycles. The maximum absolute atomic E-state index is 10.2. The van der Waals surface area contributed by atoms with Crippen LogP contribution in [0.5, 0.6) is 0 Å². The largest absolute Gasteiger partial charge is 0.394 e. The third-order valence-corrected chi connectivity index (χ3v) is 3.62. The minimum absolute atomic E-state index is 0.136. The number of imidazole rings is 1. The molecule has 1 saturated heterocycles. The molecular formula is C13H19N7O4. The van der Waals surface area contributed by atoms with Crippen molar-refractivity contribution in [1.82, 2.24) is 19.5 Å². The highest BCUT2D eigenvalue weighted by atomic mass is 16.6. The molecule has 130 valence electrons. The van der Waals surface area contributed by atoms with Crippen LogP contribution in [0.3, 0.4) is 0 Å². The number of aliphatic hydroxyl groups excluding tert-OH is 3. The Kier molecular flexibility index (Phi) is 4.32. The second kappa shape index (κ2) is 6.28. The van der Waals surface area contributed by atoms with Gasteiger partial charge in [-0.15, -0.1) is 0 Å². The van der Waals surface area contributed by atoms with E-state index in [9.17, 15) is 15.3 Å². The van der Waals surface area contributed by atoms with Crippen molar-refractivity contribution >= 4 is 28.6 Å². The maximum atomic E-state index is 10.2. The Hall–Kier alpha value is -2.34. The average Bonchev–Trinajstić information content (AvgIpc) is 3.08. The molecule has 3 rings (SSSR count). The standard InChI is InChI=1S/C13H19N7O4/c1-5(2)18-19-13-16-10(14)7-11(17-13)20(4-15-7)12-9(23)8(22)6(3-21)24-12/h4,6,8-9,12,21-23H,3H2,1-2H3,(H3,14,16,17,19)/t6-,8-,9-,12-/m1/s1. The zero-order chi connectivity index (χ0) is 17.4. The van der Waals surface area contributed by atoms with Gasteiger partial charge in [-0.1, -0.05) is 0 Å². The fourth-order valence-electron chi connectivity index (χ4n) is 2.45. The van der Waals surface area contributed by atoms with Crippen molar-refractivity contribution in [3.8, 4) is 0 Å². The van der Waals surface area contributed by atoms with E-state index in [1.54, 1.807) is 13.8 Å². The molecule has 0 amide bonds. The number of rotatable bonds is 4. The van der Waals surface area contributed by atoms with E-state index in [1.807, 2.05) is 0 Å². The van der Waals surface area contributed by atoms with Gasteiger partial charge in [0, 0.05) is 5.71 Å². The summed E-state index contributed by atoms with van der Waals surface area (Å²) in [6.45, 7) is 3.19. The summed E-state index contributed by atoms with van der Waals surface area (Å²) in [6, 6.07) is 0. The molecule has 0 bridgehead atoms. The Morgan fingerprint density at radius 2 is 2.12 bits per heavy atom. The molecule has 0 saturated carbocycles. The molecule has 0 unspecified atom stereocenters. The molecule has 2 aromatic rings. The van der Waals surface area contributed by atoms with Crippen molar-refractivity contribution in [3.63, 3.8) is 0 Å². The first-order valence-corrected chi connectivity index (χ1v) is 7.31. The highest BCUT2D eigenvalue weighted by molar-refractivity contribution is 5.83. The summed E-state index contributed by atoms with van der Waals surface area (Å²) in [5.74, 6) is 0.298. The van der Waals surface area contributed by atoms with Gasteiger partial charge in [0.05, 0.1) is 12.9 Å². The first-order valence-electron chi connectivity index (χ1n) is 7.31. The van der Waals surface area contributed by atoms with Gasteiger partial charge >= 0.3 is 0 Å². The molecule has 2 aromatic heterocycles. The van der Waals surface area contributed by atoms with Gasteiger partial charge < -0.3 is 25.8 Å². The minimum atomic E-state index is -1.25. The van der Waals surface area contributed by atoms with E-state index in [-0.39, 0.29) is 11.8 Å². The van der Waals surface area contributed by atoms with E-state index in [0.29, 0.717) is 11.2 Å². The molecule has 0 radical (unpaired) electrons. The first-order chi connectivity index (χ1) is 11.4. The molecule has 1 fully saturated rings. The Labute approximate surface area is 136 Å². The van der Waals surface area contributed by atoms with Crippen LogP contribution >= 0.6 is 0 Å². The smallest absolute Gasteiger partial charge is 0.247 e. The number of anilines is 2. The van der Waals surface area contributed by atoms with Crippen LogP contribution in [0.25, 0.3) is 11.2 Å². The topological polar surface area (TPSA) is 164 Å². The summed E-state index contributed by atoms with van der Waals surface area (Å²) in [5, 5.41) is 33.3. The summed E-state index contributed by atoms with van der Waals surface area (Å²) in [5.41, 5.74) is 9.97. The summed E-state index contributed by atoms with van der Waals surface area (Å²) in [4.78, 5) is 12.5. The number of nitrogens with zero attached hydrogens (tertiary/aromatic N) is 5. The highest BCUT2D eigenvalue weighted by Crippen LogP contribution is 2.32. The second-order valence-corrected chi connectivity index (χ2v) is 5.66. The second-order valence-electron chi connectivity index (χ2n) is 5.66. The quantitative estimate of drug-likeness (QED) is 0.341. The Morgan fingerprint density at radius 1 is 1.38 bits per heavy atom. The average molecular weight is 337 g/mol. The van der Waals surface area contributed by atoms with Crippen molar-refractivity contribution in [1.29, 1.82) is 0 Å². The highest BCUT2D eigenvalue weighted by Gasteiger charge is 2.44. The lowest BCUT2D eigenvalue weighted by atomic mass is 10.1.